The molecule has 138 valence electrons. The van der Waals surface area contributed by atoms with Crippen molar-refractivity contribution in [1.29, 1.82) is 0 Å². The number of carbonyl (C=O) groups is 1. The first-order valence-electron chi connectivity index (χ1n) is 7.99. The minimum Gasteiger partial charge on any atom is -0.508 e. The number of anilines is 1. The zero-order valence-corrected chi connectivity index (χ0v) is 16.7. The topological polar surface area (TPSA) is 83.5 Å². The highest BCUT2D eigenvalue weighted by molar-refractivity contribution is 9.10. The predicted molar refractivity (Wildman–Crippen MR) is 108 cm³/mol. The van der Waals surface area contributed by atoms with Crippen LogP contribution >= 0.6 is 15.9 Å². The molecule has 0 saturated carbocycles. The van der Waals surface area contributed by atoms with E-state index in [1.54, 1.807) is 43.3 Å². The molecule has 0 aliphatic rings. The molecule has 5 nitrogen and oxygen atoms in total. The summed E-state index contributed by atoms with van der Waals surface area (Å²) in [5.41, 5.74) is 1.49. The van der Waals surface area contributed by atoms with Crippen molar-refractivity contribution in [2.75, 3.05) is 4.72 Å². The molecule has 27 heavy (non-hydrogen) atoms. The van der Waals surface area contributed by atoms with Crippen LogP contribution in [0, 0.1) is 6.92 Å². The third kappa shape index (κ3) is 4.37. The maximum absolute atomic E-state index is 12.8. The Morgan fingerprint density at radius 2 is 1.63 bits per heavy atom. The Morgan fingerprint density at radius 1 is 0.963 bits per heavy atom. The molecule has 0 radical (unpaired) electrons. The van der Waals surface area contributed by atoms with Gasteiger partial charge < -0.3 is 5.11 Å². The fourth-order valence-corrected chi connectivity index (χ4v) is 4.16. The van der Waals surface area contributed by atoms with Gasteiger partial charge in [0.1, 0.15) is 5.75 Å². The molecule has 0 unspecified atom stereocenters. The molecule has 7 heteroatoms. The van der Waals surface area contributed by atoms with Gasteiger partial charge in [-0.1, -0.05) is 34.1 Å². The van der Waals surface area contributed by atoms with E-state index >= 15 is 0 Å². The Hall–Kier alpha value is -2.64. The smallest absolute Gasteiger partial charge is 0.262 e. The quantitative estimate of drug-likeness (QED) is 0.566. The first kappa shape index (κ1) is 19.1. The van der Waals surface area contributed by atoms with Crippen molar-refractivity contribution in [2.24, 2.45) is 0 Å². The second kappa shape index (κ2) is 7.54. The minimum absolute atomic E-state index is 0.00815. The lowest BCUT2D eigenvalue weighted by Gasteiger charge is -2.12. The summed E-state index contributed by atoms with van der Waals surface area (Å²) >= 11 is 3.32. The summed E-state index contributed by atoms with van der Waals surface area (Å²) in [4.78, 5) is 12.7. The predicted octanol–water partition coefficient (Wildman–Crippen LogP) is 4.49. The van der Waals surface area contributed by atoms with E-state index in [1.165, 1.54) is 30.3 Å². The first-order chi connectivity index (χ1) is 12.8. The second-order valence-corrected chi connectivity index (χ2v) is 8.54. The van der Waals surface area contributed by atoms with Gasteiger partial charge in [-0.2, -0.15) is 0 Å². The highest BCUT2D eigenvalue weighted by atomic mass is 79.9. The lowest BCUT2D eigenvalue weighted by molar-refractivity contribution is 0.103. The van der Waals surface area contributed by atoms with Crippen LogP contribution in [0.25, 0.3) is 0 Å². The molecule has 2 N–H and O–H groups in total. The number of phenols is 1. The molecular weight excluding hydrogens is 430 g/mol. The molecule has 3 aromatic carbocycles. The van der Waals surface area contributed by atoms with E-state index in [2.05, 4.69) is 20.7 Å². The van der Waals surface area contributed by atoms with Gasteiger partial charge in [-0.3, -0.25) is 9.52 Å². The zero-order chi connectivity index (χ0) is 19.6. The van der Waals surface area contributed by atoms with Crippen LogP contribution in [0.2, 0.25) is 0 Å². The highest BCUT2D eigenvalue weighted by Gasteiger charge is 2.20. The summed E-state index contributed by atoms with van der Waals surface area (Å²) < 4.78 is 28.8. The summed E-state index contributed by atoms with van der Waals surface area (Å²) in [7, 11) is -3.93. The van der Waals surface area contributed by atoms with Gasteiger partial charge in [0.2, 0.25) is 0 Å². The number of rotatable bonds is 5. The molecule has 0 aliphatic carbocycles. The first-order valence-corrected chi connectivity index (χ1v) is 10.3. The minimum atomic E-state index is -3.93. The lowest BCUT2D eigenvalue weighted by atomic mass is 10.0. The van der Waals surface area contributed by atoms with Crippen molar-refractivity contribution >= 4 is 37.4 Å². The summed E-state index contributed by atoms with van der Waals surface area (Å²) in [6.07, 6.45) is 0. The Balaban J connectivity index is 1.97. The molecule has 0 amide bonds. The number of sulfonamides is 1. The monoisotopic (exact) mass is 445 g/mol. The fraction of sp³-hybridized carbons (Fsp3) is 0.0500. The average Bonchev–Trinajstić information content (AvgIpc) is 2.61. The molecule has 0 aromatic heterocycles. The van der Waals surface area contributed by atoms with Crippen LogP contribution in [-0.2, 0) is 10.0 Å². The van der Waals surface area contributed by atoms with E-state index < -0.39 is 10.0 Å². The second-order valence-electron chi connectivity index (χ2n) is 5.97. The van der Waals surface area contributed by atoms with Gasteiger partial charge in [0.15, 0.2) is 5.78 Å². The van der Waals surface area contributed by atoms with Crippen LogP contribution in [0.3, 0.4) is 0 Å². The molecule has 0 fully saturated rings. The van der Waals surface area contributed by atoms with Gasteiger partial charge in [-0.15, -0.1) is 0 Å². The van der Waals surface area contributed by atoms with Gasteiger partial charge in [-0.05, 0) is 55.0 Å². The van der Waals surface area contributed by atoms with Crippen molar-refractivity contribution < 1.29 is 18.3 Å². The maximum atomic E-state index is 12.8. The number of hydrogen-bond acceptors (Lipinski definition) is 4. The number of aryl methyl sites for hydroxylation is 1. The fourth-order valence-electron chi connectivity index (χ4n) is 2.58. The standard InChI is InChI=1S/C20H16BrNO4S/c1-13-5-6-15(20(24)14-7-9-16(21)10-8-14)11-19(13)27(25,26)22-17-3-2-4-18(23)12-17/h2-12,22-23H,1H3. The van der Waals surface area contributed by atoms with E-state index in [0.29, 0.717) is 11.1 Å². The van der Waals surface area contributed by atoms with Crippen LogP contribution in [0.15, 0.2) is 76.1 Å². The van der Waals surface area contributed by atoms with Crippen LogP contribution in [0.5, 0.6) is 5.75 Å². The van der Waals surface area contributed by atoms with Crippen LogP contribution in [-0.4, -0.2) is 19.3 Å². The number of carbonyl (C=O) groups excluding carboxylic acids is 1. The third-order valence-electron chi connectivity index (χ3n) is 3.94. The number of benzene rings is 3. The molecule has 0 bridgehead atoms. The van der Waals surface area contributed by atoms with E-state index in [9.17, 15) is 18.3 Å². The molecule has 0 aliphatic heterocycles. The number of nitrogens with one attached hydrogen (secondary N) is 1. The van der Waals surface area contributed by atoms with Crippen molar-refractivity contribution in [1.82, 2.24) is 0 Å². The van der Waals surface area contributed by atoms with Crippen molar-refractivity contribution in [3.63, 3.8) is 0 Å². The zero-order valence-electron chi connectivity index (χ0n) is 14.3. The SMILES string of the molecule is Cc1ccc(C(=O)c2ccc(Br)cc2)cc1S(=O)(=O)Nc1cccc(O)c1. The number of aromatic hydroxyl groups is 1. The van der Waals surface area contributed by atoms with Gasteiger partial charge in [0.05, 0.1) is 10.6 Å². The Labute approximate surface area is 165 Å². The molecule has 0 heterocycles. The summed E-state index contributed by atoms with van der Waals surface area (Å²) in [6, 6.07) is 17.2. The van der Waals surface area contributed by atoms with Crippen molar-refractivity contribution in [3.05, 3.63) is 87.9 Å². The van der Waals surface area contributed by atoms with E-state index in [4.69, 9.17) is 0 Å². The van der Waals surface area contributed by atoms with Crippen molar-refractivity contribution in [3.8, 4) is 5.75 Å². The Bertz CT molecular complexity index is 1110. The largest absolute Gasteiger partial charge is 0.508 e. The van der Waals surface area contributed by atoms with Gasteiger partial charge in [-0.25, -0.2) is 8.42 Å². The number of hydrogen-bond donors (Lipinski definition) is 2. The van der Waals surface area contributed by atoms with E-state index in [0.717, 1.165) is 4.47 Å². The number of halogens is 1. The number of ketones is 1. The number of phenolic OH excluding ortho intramolecular Hbond substituents is 1. The van der Waals surface area contributed by atoms with Gasteiger partial charge in [0, 0.05) is 21.7 Å². The summed E-state index contributed by atoms with van der Waals surface area (Å²) in [6.45, 7) is 1.66. The van der Waals surface area contributed by atoms with Crippen molar-refractivity contribution in [2.45, 2.75) is 11.8 Å². The summed E-state index contributed by atoms with van der Waals surface area (Å²) in [5, 5.41) is 9.51. The van der Waals surface area contributed by atoms with Gasteiger partial charge >= 0.3 is 0 Å². The molecule has 0 saturated heterocycles. The van der Waals surface area contributed by atoms with Crippen LogP contribution < -0.4 is 4.72 Å². The summed E-state index contributed by atoms with van der Waals surface area (Å²) in [5.74, 6) is -0.317. The Kier molecular flexibility index (Phi) is 5.34. The van der Waals surface area contributed by atoms with E-state index in [-0.39, 0.29) is 27.7 Å². The molecule has 0 spiro atoms. The van der Waals surface area contributed by atoms with Crippen LogP contribution in [0.4, 0.5) is 5.69 Å². The molecular formula is C20H16BrNO4S. The molecule has 3 rings (SSSR count). The highest BCUT2D eigenvalue weighted by Crippen LogP contribution is 2.24. The van der Waals surface area contributed by atoms with E-state index in [1.807, 2.05) is 0 Å². The third-order valence-corrected chi connectivity index (χ3v) is 6.00. The Morgan fingerprint density at radius 3 is 2.30 bits per heavy atom. The average molecular weight is 446 g/mol. The molecule has 3 aromatic rings. The normalized spacial score (nSPS) is 11.2. The molecule has 0 atom stereocenters. The lowest BCUT2D eigenvalue weighted by Crippen LogP contribution is -2.15. The maximum Gasteiger partial charge on any atom is 0.262 e. The van der Waals surface area contributed by atoms with Crippen LogP contribution in [0.1, 0.15) is 21.5 Å². The van der Waals surface area contributed by atoms with Gasteiger partial charge in [0.25, 0.3) is 10.0 Å².